The Morgan fingerprint density at radius 1 is 0.423 bits per heavy atom. The maximum absolute atomic E-state index is 14.6. The van der Waals surface area contributed by atoms with E-state index in [2.05, 4.69) is 112 Å². The molecule has 11 rings (SSSR count). The largest absolute Gasteiger partial charge is 0.289 e. The quantitative estimate of drug-likeness (QED) is 0.0166. The molecule has 2 aliphatic rings. The van der Waals surface area contributed by atoms with Crippen LogP contribution in [0.5, 0.6) is 0 Å². The molecule has 2 unspecified atom stereocenters. The van der Waals surface area contributed by atoms with Crippen LogP contribution in [-0.2, 0) is 25.7 Å². The molecule has 104 heavy (non-hydrogen) atoms. The fraction of sp³-hybridized carbons (Fsp3) is 0.435. The molecular weight excluding hydrogens is 1390 g/mol. The molecule has 2 aliphatic carbocycles. The van der Waals surface area contributed by atoms with Crippen molar-refractivity contribution in [3.05, 3.63) is 195 Å². The summed E-state index contributed by atoms with van der Waals surface area (Å²) in [6, 6.07) is 38.4. The molecule has 0 fully saturated rings. The Morgan fingerprint density at radius 3 is 1.12 bits per heavy atom. The van der Waals surface area contributed by atoms with E-state index in [0.29, 0.717) is 56.4 Å². The van der Waals surface area contributed by atoms with Crippen molar-refractivity contribution in [1.82, 2.24) is 0 Å². The first-order valence-corrected chi connectivity index (χ1v) is 44.1. The summed E-state index contributed by atoms with van der Waals surface area (Å²) >= 11 is 11.2. The van der Waals surface area contributed by atoms with Gasteiger partial charge in [0.1, 0.15) is 0 Å². The van der Waals surface area contributed by atoms with Gasteiger partial charge in [0, 0.05) is 113 Å². The maximum Gasteiger partial charge on any atom is 0.270 e. The number of thiophene rings is 6. The molecule has 538 valence electrons. The molecule has 0 saturated carbocycles. The number of ketones is 2. The molecule has 0 aliphatic heterocycles. The average molecular weight is 1490 g/mol. The maximum atomic E-state index is 14.6. The normalized spacial score (nSPS) is 15.1. The summed E-state index contributed by atoms with van der Waals surface area (Å²) in [6.07, 6.45) is 42.9. The first-order chi connectivity index (χ1) is 51.0. The number of hydrogen-bond donors (Lipinski definition) is 0. The van der Waals surface area contributed by atoms with Crippen LogP contribution in [0.25, 0.3) is 93.6 Å². The number of unbranched alkanes of at least 4 members (excludes halogenated alkanes) is 20. The molecule has 2 atom stereocenters. The highest BCUT2D eigenvalue weighted by Gasteiger charge is 2.35. The molecule has 12 heteroatoms. The molecule has 0 radical (unpaired) electrons. The molecule has 6 nitrogen and oxygen atoms in total. The van der Waals surface area contributed by atoms with Crippen LogP contribution < -0.4 is 0 Å². The van der Waals surface area contributed by atoms with Gasteiger partial charge in [0.2, 0.25) is 0 Å². The Kier molecular flexibility index (Phi) is 29.0. The number of fused-ring (bicyclic) bond motifs is 4. The van der Waals surface area contributed by atoms with E-state index in [-0.39, 0.29) is 23.0 Å². The number of Topliss-reactive ketones (excluding diaryl/α,β-unsaturated/α-hetero) is 2. The lowest BCUT2D eigenvalue weighted by Crippen LogP contribution is -2.03. The van der Waals surface area contributed by atoms with Crippen LogP contribution in [0.15, 0.2) is 120 Å². The molecular formula is C92H102N4O2S6. The van der Waals surface area contributed by atoms with Gasteiger partial charge >= 0.3 is 0 Å². The topological polar surface area (TPSA) is 90.4 Å². The fourth-order valence-corrected chi connectivity index (χ4v) is 22.9. The van der Waals surface area contributed by atoms with E-state index in [1.165, 1.54) is 210 Å². The van der Waals surface area contributed by atoms with Crippen LogP contribution in [0, 0.1) is 47.6 Å². The monoisotopic (exact) mass is 1490 g/mol. The number of nitrogens with zero attached hydrogens (tertiary/aromatic N) is 4. The SMILES string of the molecule is [C-]#[N+]/C(C#N)=C1\C(=Cc2cc(CC(CC)CCCC)c(-c3cc4c(-c5ccc(CCCCCCCCCCCC)s5)c5sc(-c6sc(C=C7C(=O)c8ccccc8/C7=C(/C#N)[N+]#[C-])cc6CC(CC)CCCC)cc5c(-c5ccc(CCCCCCCCCCCC)s5)c4s3)s2)C(=O)c2ccccc21. The average Bonchev–Trinajstić information content (AvgIpc) is 1.56. The van der Waals surface area contributed by atoms with Crippen molar-refractivity contribution in [2.24, 2.45) is 11.8 Å². The van der Waals surface area contributed by atoms with Gasteiger partial charge in [-0.2, -0.15) is 0 Å². The number of nitriles is 2. The smallest absolute Gasteiger partial charge is 0.270 e. The van der Waals surface area contributed by atoms with Crippen LogP contribution in [0.4, 0.5) is 0 Å². The third kappa shape index (κ3) is 18.4. The minimum absolute atomic E-state index is 0.0681. The van der Waals surface area contributed by atoms with Gasteiger partial charge in [-0.15, -0.1) is 68.0 Å². The summed E-state index contributed by atoms with van der Waals surface area (Å²) in [4.78, 5) is 48.7. The third-order valence-electron chi connectivity index (χ3n) is 21.4. The van der Waals surface area contributed by atoms with Gasteiger partial charge in [-0.25, -0.2) is 20.2 Å². The number of rotatable bonds is 40. The highest BCUT2D eigenvalue weighted by atomic mass is 32.1. The van der Waals surface area contributed by atoms with Crippen LogP contribution >= 0.6 is 68.0 Å². The Hall–Kier alpha value is -7.36. The first kappa shape index (κ1) is 77.7. The van der Waals surface area contributed by atoms with Gasteiger partial charge in [-0.05, 0) is 133 Å². The molecule has 0 bridgehead atoms. The van der Waals surface area contributed by atoms with Crippen molar-refractivity contribution < 1.29 is 9.59 Å². The Labute approximate surface area is 644 Å². The number of benzene rings is 3. The van der Waals surface area contributed by atoms with Crippen molar-refractivity contribution in [2.75, 3.05) is 0 Å². The Balaban J connectivity index is 1.10. The predicted molar refractivity (Wildman–Crippen MR) is 451 cm³/mol. The Bertz CT molecular complexity index is 4410. The molecule has 0 N–H and O–H groups in total. The van der Waals surface area contributed by atoms with Crippen molar-refractivity contribution >= 4 is 123 Å². The minimum Gasteiger partial charge on any atom is -0.289 e. The first-order valence-electron chi connectivity index (χ1n) is 39.2. The van der Waals surface area contributed by atoms with Crippen LogP contribution in [0.3, 0.4) is 0 Å². The second-order valence-electron chi connectivity index (χ2n) is 28.9. The van der Waals surface area contributed by atoms with Gasteiger partial charge in [0.15, 0.2) is 11.6 Å². The summed E-state index contributed by atoms with van der Waals surface area (Å²) in [5, 5.41) is 23.3. The summed E-state index contributed by atoms with van der Waals surface area (Å²) in [5.74, 6) is 0.622. The molecule has 6 aromatic heterocycles. The van der Waals surface area contributed by atoms with Gasteiger partial charge in [0.05, 0.1) is 25.3 Å². The summed E-state index contributed by atoms with van der Waals surface area (Å²) < 4.78 is 2.55. The zero-order valence-corrected chi connectivity index (χ0v) is 67.1. The highest BCUT2D eigenvalue weighted by molar-refractivity contribution is 7.29. The van der Waals surface area contributed by atoms with Gasteiger partial charge < -0.3 is 0 Å². The lowest BCUT2D eigenvalue weighted by atomic mass is 9.91. The van der Waals surface area contributed by atoms with E-state index in [9.17, 15) is 20.1 Å². The number of allylic oxidation sites excluding steroid dienone is 6. The van der Waals surface area contributed by atoms with E-state index >= 15 is 0 Å². The molecule has 6 heterocycles. The zero-order valence-electron chi connectivity index (χ0n) is 62.2. The summed E-state index contributed by atoms with van der Waals surface area (Å²) in [7, 11) is 0. The second kappa shape index (κ2) is 38.8. The van der Waals surface area contributed by atoms with E-state index in [1.54, 1.807) is 22.7 Å². The highest BCUT2D eigenvalue weighted by Crippen LogP contribution is 2.57. The zero-order chi connectivity index (χ0) is 72.9. The van der Waals surface area contributed by atoms with Gasteiger partial charge in [0.25, 0.3) is 11.4 Å². The molecule has 9 aromatic rings. The number of hydrogen-bond acceptors (Lipinski definition) is 10. The Morgan fingerprint density at radius 2 is 0.779 bits per heavy atom. The van der Waals surface area contributed by atoms with E-state index in [4.69, 9.17) is 13.1 Å². The lowest BCUT2D eigenvalue weighted by molar-refractivity contribution is 0.103. The second-order valence-corrected chi connectivity index (χ2v) is 35.5. The van der Waals surface area contributed by atoms with Crippen molar-refractivity contribution in [3.8, 4) is 52.5 Å². The van der Waals surface area contributed by atoms with E-state index < -0.39 is 0 Å². The fourth-order valence-electron chi connectivity index (χ4n) is 15.6. The van der Waals surface area contributed by atoms with Gasteiger partial charge in [-0.3, -0.25) is 9.59 Å². The van der Waals surface area contributed by atoms with Crippen molar-refractivity contribution in [2.45, 2.75) is 247 Å². The molecule has 3 aromatic carbocycles. The van der Waals surface area contributed by atoms with Crippen molar-refractivity contribution in [1.29, 1.82) is 10.5 Å². The summed E-state index contributed by atoms with van der Waals surface area (Å²) in [6.45, 7) is 30.0. The van der Waals surface area contributed by atoms with Crippen molar-refractivity contribution in [3.63, 3.8) is 0 Å². The number of carbonyl (C=O) groups excluding carboxylic acids is 2. The molecule has 0 spiro atoms. The molecule has 0 saturated heterocycles. The number of carbonyl (C=O) groups is 2. The van der Waals surface area contributed by atoms with Crippen LogP contribution in [0.2, 0.25) is 0 Å². The standard InChI is InChI=1S/C92H102N4O2S6/c1-9-15-19-21-23-25-27-29-31-33-41-65-47-49-79(99-65)85-75-57-81(89-63(51-61(13-5)39-17-11-3)53-67(101-89)55-73-83(77(59-93)95-7)69-43-35-37-45-71(69)87(73)97)104-92(75)86(80-50-48-66(100-80)42-34-32-30-28-26-24-22-20-16-10-2)76-58-82(103-91(76)85)90-64(52-62(14-6)40-18-12-4)54-68(102-90)56-74-84(78(60-94)96-8)70-44-36-38-46-72(70)88(74)98/h35-38,43-50,53-58,61-62H,9-34,39-42,51-52H2,1-6H3/b73-55?,74-56?,83-77-,84-78+. The number of aryl methyl sites for hydroxylation is 2. The van der Waals surface area contributed by atoms with E-state index in [1.807, 2.05) is 106 Å². The van der Waals surface area contributed by atoms with Crippen LogP contribution in [0.1, 0.15) is 284 Å². The third-order valence-corrected chi connectivity index (χ3v) is 28.7. The predicted octanol–water partition coefficient (Wildman–Crippen LogP) is 30.3. The lowest BCUT2D eigenvalue weighted by Gasteiger charge is -2.14. The van der Waals surface area contributed by atoms with Gasteiger partial charge in [-0.1, -0.05) is 257 Å². The molecule has 0 amide bonds. The van der Waals surface area contributed by atoms with Crippen LogP contribution in [-0.4, -0.2) is 11.6 Å². The van der Waals surface area contributed by atoms with E-state index in [0.717, 1.165) is 86.8 Å². The minimum atomic E-state index is -0.156. The summed E-state index contributed by atoms with van der Waals surface area (Å²) in [5.41, 5.74) is 8.97.